The number of carbonyl (C=O) groups is 1. The summed E-state index contributed by atoms with van der Waals surface area (Å²) in [6, 6.07) is 10.6. The third-order valence-electron chi connectivity index (χ3n) is 3.72. The van der Waals surface area contributed by atoms with Crippen LogP contribution in [0.1, 0.15) is 18.1 Å². The number of nitrogens with one attached hydrogen (secondary N) is 2. The largest absolute Gasteiger partial charge is 0.419 e. The summed E-state index contributed by atoms with van der Waals surface area (Å²) in [7, 11) is 0. The van der Waals surface area contributed by atoms with Gasteiger partial charge in [0, 0.05) is 24.0 Å². The van der Waals surface area contributed by atoms with Crippen LogP contribution in [0.3, 0.4) is 0 Å². The number of carbonyl (C=O) groups excluding carboxylic acids is 1. The lowest BCUT2D eigenvalue weighted by Crippen LogP contribution is -2.19. The van der Waals surface area contributed by atoms with Gasteiger partial charge in [-0.3, -0.25) is 4.57 Å². The SMILES string of the molecule is CCn1c(=O)oc2cc(NC(=O)Nc3cc(C)cc(C)c3)ccc21. The highest BCUT2D eigenvalue weighted by atomic mass is 16.4. The number of urea groups is 1. The summed E-state index contributed by atoms with van der Waals surface area (Å²) in [6.45, 7) is 6.36. The fourth-order valence-electron chi connectivity index (χ4n) is 2.78. The number of oxazole rings is 1. The Balaban J connectivity index is 1.79. The topological polar surface area (TPSA) is 76.3 Å². The molecule has 3 aromatic rings. The van der Waals surface area contributed by atoms with E-state index in [4.69, 9.17) is 4.42 Å². The molecule has 6 heteroatoms. The summed E-state index contributed by atoms with van der Waals surface area (Å²) in [5.41, 5.74) is 4.61. The number of hydrogen-bond donors (Lipinski definition) is 2. The Hall–Kier alpha value is -3.02. The molecule has 2 aromatic carbocycles. The maximum atomic E-state index is 12.1. The molecule has 3 rings (SSSR count). The highest BCUT2D eigenvalue weighted by Gasteiger charge is 2.10. The van der Waals surface area contributed by atoms with Gasteiger partial charge in [-0.05, 0) is 56.2 Å². The molecule has 0 saturated carbocycles. The summed E-state index contributed by atoms with van der Waals surface area (Å²) in [6.07, 6.45) is 0. The van der Waals surface area contributed by atoms with Crippen molar-refractivity contribution in [1.29, 1.82) is 0 Å². The van der Waals surface area contributed by atoms with Crippen LogP contribution < -0.4 is 16.4 Å². The molecule has 0 aliphatic rings. The summed E-state index contributed by atoms with van der Waals surface area (Å²) < 4.78 is 6.73. The lowest BCUT2D eigenvalue weighted by Gasteiger charge is -2.09. The molecule has 0 fully saturated rings. The maximum absolute atomic E-state index is 12.1. The quantitative estimate of drug-likeness (QED) is 0.767. The second kappa shape index (κ2) is 6.23. The van der Waals surface area contributed by atoms with Gasteiger partial charge in [0.25, 0.3) is 0 Å². The Labute approximate surface area is 139 Å². The molecule has 0 atom stereocenters. The molecule has 0 spiro atoms. The van der Waals surface area contributed by atoms with Gasteiger partial charge in [0.15, 0.2) is 5.58 Å². The minimum atomic E-state index is -0.399. The van der Waals surface area contributed by atoms with Gasteiger partial charge in [-0.1, -0.05) is 6.07 Å². The predicted octanol–water partition coefficient (Wildman–Crippen LogP) is 3.88. The number of benzene rings is 2. The zero-order chi connectivity index (χ0) is 17.3. The first-order valence-electron chi connectivity index (χ1n) is 7.76. The zero-order valence-electron chi connectivity index (χ0n) is 13.8. The first-order chi connectivity index (χ1) is 11.5. The Morgan fingerprint density at radius 1 is 1.04 bits per heavy atom. The van der Waals surface area contributed by atoms with E-state index in [2.05, 4.69) is 10.6 Å². The van der Waals surface area contributed by atoms with Crippen LogP contribution in [0.5, 0.6) is 0 Å². The Morgan fingerprint density at radius 3 is 2.38 bits per heavy atom. The molecule has 0 unspecified atom stereocenters. The van der Waals surface area contributed by atoms with Crippen LogP contribution in [0.25, 0.3) is 11.1 Å². The molecule has 0 aliphatic heterocycles. The van der Waals surface area contributed by atoms with Crippen LogP contribution in [-0.4, -0.2) is 10.6 Å². The van der Waals surface area contributed by atoms with Crippen molar-refractivity contribution in [2.75, 3.05) is 10.6 Å². The molecule has 0 radical (unpaired) electrons. The third-order valence-corrected chi connectivity index (χ3v) is 3.72. The van der Waals surface area contributed by atoms with E-state index in [9.17, 15) is 9.59 Å². The molecule has 1 heterocycles. The number of rotatable bonds is 3. The Bertz CT molecular complexity index is 949. The van der Waals surface area contributed by atoms with Gasteiger partial charge in [0.1, 0.15) is 0 Å². The van der Waals surface area contributed by atoms with Gasteiger partial charge in [0.05, 0.1) is 5.52 Å². The predicted molar refractivity (Wildman–Crippen MR) is 94.7 cm³/mol. The van der Waals surface area contributed by atoms with Gasteiger partial charge in [0.2, 0.25) is 0 Å². The molecule has 2 N–H and O–H groups in total. The highest BCUT2D eigenvalue weighted by molar-refractivity contribution is 6.00. The summed E-state index contributed by atoms with van der Waals surface area (Å²) >= 11 is 0. The summed E-state index contributed by atoms with van der Waals surface area (Å²) in [5.74, 6) is -0.399. The highest BCUT2D eigenvalue weighted by Crippen LogP contribution is 2.19. The third kappa shape index (κ3) is 3.17. The van der Waals surface area contributed by atoms with Crippen molar-refractivity contribution in [3.8, 4) is 0 Å². The number of aryl methyl sites for hydroxylation is 3. The molecule has 6 nitrogen and oxygen atoms in total. The number of nitrogens with zero attached hydrogens (tertiary/aromatic N) is 1. The van der Waals surface area contributed by atoms with Crippen molar-refractivity contribution in [2.24, 2.45) is 0 Å². The fourth-order valence-corrected chi connectivity index (χ4v) is 2.78. The molecule has 1 aromatic heterocycles. The van der Waals surface area contributed by atoms with E-state index >= 15 is 0 Å². The minimum Gasteiger partial charge on any atom is -0.408 e. The van der Waals surface area contributed by atoms with Gasteiger partial charge >= 0.3 is 11.8 Å². The number of anilines is 2. The van der Waals surface area contributed by atoms with Crippen LogP contribution >= 0.6 is 0 Å². The van der Waals surface area contributed by atoms with Gasteiger partial charge < -0.3 is 15.1 Å². The minimum absolute atomic E-state index is 0.350. The van der Waals surface area contributed by atoms with Gasteiger partial charge in [-0.15, -0.1) is 0 Å². The second-order valence-corrected chi connectivity index (χ2v) is 5.75. The van der Waals surface area contributed by atoms with Crippen molar-refractivity contribution in [3.63, 3.8) is 0 Å². The first kappa shape index (κ1) is 15.9. The van der Waals surface area contributed by atoms with Gasteiger partial charge in [-0.25, -0.2) is 9.59 Å². The van der Waals surface area contributed by atoms with Crippen LogP contribution in [0.4, 0.5) is 16.2 Å². The number of amides is 2. The van der Waals surface area contributed by atoms with Crippen molar-refractivity contribution in [3.05, 3.63) is 58.1 Å². The molecule has 24 heavy (non-hydrogen) atoms. The van der Waals surface area contributed by atoms with E-state index in [0.29, 0.717) is 23.3 Å². The summed E-state index contributed by atoms with van der Waals surface area (Å²) in [4.78, 5) is 23.9. The standard InChI is InChI=1S/C18H19N3O3/c1-4-21-15-6-5-13(10-16(15)24-18(21)23)19-17(22)20-14-8-11(2)7-12(3)9-14/h5-10H,4H2,1-3H3,(H2,19,20,22). The molecule has 0 bridgehead atoms. The van der Waals surface area contributed by atoms with Crippen LogP contribution in [0, 0.1) is 13.8 Å². The molecular weight excluding hydrogens is 306 g/mol. The normalized spacial score (nSPS) is 10.8. The lowest BCUT2D eigenvalue weighted by molar-refractivity contribution is 0.262. The second-order valence-electron chi connectivity index (χ2n) is 5.75. The van der Waals surface area contributed by atoms with E-state index in [1.807, 2.05) is 39.0 Å². The van der Waals surface area contributed by atoms with Crippen LogP contribution in [0.2, 0.25) is 0 Å². The smallest absolute Gasteiger partial charge is 0.408 e. The fraction of sp³-hybridized carbons (Fsp3) is 0.222. The zero-order valence-corrected chi connectivity index (χ0v) is 13.8. The van der Waals surface area contributed by atoms with E-state index in [1.165, 1.54) is 4.57 Å². The molecular formula is C18H19N3O3. The van der Waals surface area contributed by atoms with Crippen molar-refractivity contribution < 1.29 is 9.21 Å². The van der Waals surface area contributed by atoms with Crippen LogP contribution in [-0.2, 0) is 6.54 Å². The molecule has 124 valence electrons. The van der Waals surface area contributed by atoms with E-state index in [1.54, 1.807) is 18.2 Å². The van der Waals surface area contributed by atoms with E-state index < -0.39 is 5.76 Å². The van der Waals surface area contributed by atoms with Crippen molar-refractivity contribution >= 4 is 28.5 Å². The molecule has 2 amide bonds. The Kier molecular flexibility index (Phi) is 4.12. The average Bonchev–Trinajstić information content (AvgIpc) is 2.80. The lowest BCUT2D eigenvalue weighted by atomic mass is 10.1. The number of aromatic nitrogens is 1. The Morgan fingerprint density at radius 2 is 1.71 bits per heavy atom. The average molecular weight is 325 g/mol. The summed E-state index contributed by atoms with van der Waals surface area (Å²) in [5, 5.41) is 5.55. The molecule has 0 aliphatic carbocycles. The number of fused-ring (bicyclic) bond motifs is 1. The van der Waals surface area contributed by atoms with E-state index in [-0.39, 0.29) is 6.03 Å². The number of hydrogen-bond acceptors (Lipinski definition) is 3. The van der Waals surface area contributed by atoms with Gasteiger partial charge in [-0.2, -0.15) is 0 Å². The first-order valence-corrected chi connectivity index (χ1v) is 7.76. The van der Waals surface area contributed by atoms with Crippen LogP contribution in [0.15, 0.2) is 45.6 Å². The van der Waals surface area contributed by atoms with Crippen molar-refractivity contribution in [1.82, 2.24) is 4.57 Å². The maximum Gasteiger partial charge on any atom is 0.419 e. The molecule has 0 saturated heterocycles. The van der Waals surface area contributed by atoms with Crippen molar-refractivity contribution in [2.45, 2.75) is 27.3 Å². The van der Waals surface area contributed by atoms with E-state index in [0.717, 1.165) is 16.8 Å². The monoisotopic (exact) mass is 325 g/mol.